The van der Waals surface area contributed by atoms with Gasteiger partial charge < -0.3 is 10.6 Å². The molecule has 18 heavy (non-hydrogen) atoms. The molecule has 2 rings (SSSR count). The summed E-state index contributed by atoms with van der Waals surface area (Å²) in [5.41, 5.74) is 6.52. The number of nitrogens with zero attached hydrogens (tertiary/aromatic N) is 2. The largest absolute Gasteiger partial charge is 0.329 e. The van der Waals surface area contributed by atoms with Crippen LogP contribution in [0.2, 0.25) is 0 Å². The molecule has 0 radical (unpaired) electrons. The van der Waals surface area contributed by atoms with Crippen molar-refractivity contribution >= 4 is 0 Å². The van der Waals surface area contributed by atoms with E-state index in [1.54, 1.807) is 0 Å². The van der Waals surface area contributed by atoms with Crippen LogP contribution in [0.1, 0.15) is 51.9 Å². The average molecular weight is 253 g/mol. The van der Waals surface area contributed by atoms with Crippen LogP contribution in [0.4, 0.5) is 0 Å². The van der Waals surface area contributed by atoms with E-state index in [0.717, 1.165) is 12.6 Å². The van der Waals surface area contributed by atoms with Gasteiger partial charge in [-0.05, 0) is 58.8 Å². The SMILES string of the molecule is CCN(C1CCCC1)C1(CN)CCCN(C)CC1. The summed E-state index contributed by atoms with van der Waals surface area (Å²) in [7, 11) is 2.25. The third kappa shape index (κ3) is 2.89. The van der Waals surface area contributed by atoms with Crippen molar-refractivity contribution in [1.82, 2.24) is 9.80 Å². The van der Waals surface area contributed by atoms with Crippen LogP contribution >= 0.6 is 0 Å². The second-order valence-electron chi connectivity index (χ2n) is 6.31. The molecule has 0 aromatic heterocycles. The Balaban J connectivity index is 2.12. The molecule has 3 nitrogen and oxygen atoms in total. The molecule has 1 aliphatic carbocycles. The molecule has 106 valence electrons. The smallest absolute Gasteiger partial charge is 0.0347 e. The zero-order chi connectivity index (χ0) is 13.0. The molecule has 0 spiro atoms. The summed E-state index contributed by atoms with van der Waals surface area (Å²) in [6, 6.07) is 0.807. The Kier molecular flexibility index (Phi) is 5.05. The van der Waals surface area contributed by atoms with Crippen LogP contribution in [-0.4, -0.2) is 54.6 Å². The van der Waals surface area contributed by atoms with Gasteiger partial charge in [0.1, 0.15) is 0 Å². The molecule has 1 saturated heterocycles. The molecule has 1 saturated carbocycles. The summed E-state index contributed by atoms with van der Waals surface area (Å²) in [6.07, 6.45) is 9.47. The van der Waals surface area contributed by atoms with Crippen LogP contribution in [0.15, 0.2) is 0 Å². The lowest BCUT2D eigenvalue weighted by molar-refractivity contribution is 0.0426. The van der Waals surface area contributed by atoms with E-state index in [2.05, 4.69) is 23.8 Å². The van der Waals surface area contributed by atoms with Crippen LogP contribution < -0.4 is 5.73 Å². The lowest BCUT2D eigenvalue weighted by Crippen LogP contribution is -2.57. The van der Waals surface area contributed by atoms with E-state index in [0.29, 0.717) is 0 Å². The monoisotopic (exact) mass is 253 g/mol. The van der Waals surface area contributed by atoms with Crippen molar-refractivity contribution in [3.63, 3.8) is 0 Å². The van der Waals surface area contributed by atoms with Crippen LogP contribution in [0.3, 0.4) is 0 Å². The first-order chi connectivity index (χ1) is 8.72. The van der Waals surface area contributed by atoms with Crippen molar-refractivity contribution in [3.05, 3.63) is 0 Å². The zero-order valence-corrected chi connectivity index (χ0v) is 12.3. The van der Waals surface area contributed by atoms with Crippen LogP contribution in [-0.2, 0) is 0 Å². The molecule has 2 aliphatic rings. The molecule has 0 aromatic rings. The molecule has 1 unspecified atom stereocenters. The molecule has 0 aromatic carbocycles. The summed E-state index contributed by atoms with van der Waals surface area (Å²) in [5, 5.41) is 0. The first kappa shape index (κ1) is 14.3. The number of rotatable bonds is 4. The lowest BCUT2D eigenvalue weighted by atomic mass is 9.86. The number of likely N-dealkylation sites (tertiary alicyclic amines) is 1. The number of hydrogen-bond donors (Lipinski definition) is 1. The summed E-state index contributed by atoms with van der Waals surface area (Å²) >= 11 is 0. The average Bonchev–Trinajstić information content (AvgIpc) is 2.83. The third-order valence-corrected chi connectivity index (χ3v) is 5.24. The van der Waals surface area contributed by atoms with Gasteiger partial charge in [-0.15, -0.1) is 0 Å². The summed E-state index contributed by atoms with van der Waals surface area (Å²) in [5.74, 6) is 0. The highest BCUT2D eigenvalue weighted by atomic mass is 15.2. The van der Waals surface area contributed by atoms with Crippen LogP contribution in [0.25, 0.3) is 0 Å². The Bertz CT molecular complexity index is 250. The highest BCUT2D eigenvalue weighted by molar-refractivity contribution is 4.97. The normalized spacial score (nSPS) is 32.0. The van der Waals surface area contributed by atoms with Crippen molar-refractivity contribution in [3.8, 4) is 0 Å². The fraction of sp³-hybridized carbons (Fsp3) is 1.00. The minimum absolute atomic E-state index is 0.286. The molecular weight excluding hydrogens is 222 g/mol. The van der Waals surface area contributed by atoms with E-state index in [-0.39, 0.29) is 5.54 Å². The van der Waals surface area contributed by atoms with E-state index in [9.17, 15) is 0 Å². The van der Waals surface area contributed by atoms with Gasteiger partial charge in [-0.1, -0.05) is 19.8 Å². The van der Waals surface area contributed by atoms with E-state index < -0.39 is 0 Å². The maximum Gasteiger partial charge on any atom is 0.0347 e. The van der Waals surface area contributed by atoms with Gasteiger partial charge in [-0.25, -0.2) is 0 Å². The zero-order valence-electron chi connectivity index (χ0n) is 12.3. The van der Waals surface area contributed by atoms with Gasteiger partial charge in [0.05, 0.1) is 0 Å². The predicted octanol–water partition coefficient (Wildman–Crippen LogP) is 2.06. The second kappa shape index (κ2) is 6.36. The summed E-state index contributed by atoms with van der Waals surface area (Å²) in [6.45, 7) is 6.78. The van der Waals surface area contributed by atoms with E-state index in [1.165, 1.54) is 64.6 Å². The van der Waals surface area contributed by atoms with Gasteiger partial charge >= 0.3 is 0 Å². The molecule has 2 N–H and O–H groups in total. The van der Waals surface area contributed by atoms with Crippen LogP contribution in [0, 0.1) is 0 Å². The maximum absolute atomic E-state index is 6.24. The third-order valence-electron chi connectivity index (χ3n) is 5.24. The van der Waals surface area contributed by atoms with Gasteiger partial charge in [0.25, 0.3) is 0 Å². The number of nitrogens with two attached hydrogens (primary N) is 1. The lowest BCUT2D eigenvalue weighted by Gasteiger charge is -2.46. The summed E-state index contributed by atoms with van der Waals surface area (Å²) in [4.78, 5) is 5.25. The first-order valence-corrected chi connectivity index (χ1v) is 7.87. The highest BCUT2D eigenvalue weighted by Crippen LogP contribution is 2.34. The standard InChI is InChI=1S/C15H31N3/c1-3-18(14-7-4-5-8-14)15(13-16)9-6-11-17(2)12-10-15/h14H,3-13,16H2,1-2H3. The highest BCUT2D eigenvalue weighted by Gasteiger charge is 2.39. The van der Waals surface area contributed by atoms with Crippen molar-refractivity contribution in [1.29, 1.82) is 0 Å². The van der Waals surface area contributed by atoms with E-state index in [1.807, 2.05) is 0 Å². The molecule has 2 fully saturated rings. The fourth-order valence-corrected chi connectivity index (χ4v) is 4.12. The van der Waals surface area contributed by atoms with E-state index in [4.69, 9.17) is 5.73 Å². The molecule has 1 heterocycles. The first-order valence-electron chi connectivity index (χ1n) is 7.87. The van der Waals surface area contributed by atoms with Crippen molar-refractivity contribution in [2.75, 3.05) is 33.2 Å². The molecule has 0 amide bonds. The molecule has 0 bridgehead atoms. The molecule has 3 heteroatoms. The van der Waals surface area contributed by atoms with Crippen molar-refractivity contribution in [2.45, 2.75) is 63.5 Å². The van der Waals surface area contributed by atoms with Crippen LogP contribution in [0.5, 0.6) is 0 Å². The second-order valence-corrected chi connectivity index (χ2v) is 6.31. The molecule has 1 atom stereocenters. The Hall–Kier alpha value is -0.120. The Morgan fingerprint density at radius 1 is 1.17 bits per heavy atom. The predicted molar refractivity (Wildman–Crippen MR) is 77.8 cm³/mol. The number of hydrogen-bond acceptors (Lipinski definition) is 3. The quantitative estimate of drug-likeness (QED) is 0.832. The van der Waals surface area contributed by atoms with E-state index >= 15 is 0 Å². The van der Waals surface area contributed by atoms with Gasteiger partial charge in [-0.3, -0.25) is 4.90 Å². The van der Waals surface area contributed by atoms with Crippen molar-refractivity contribution in [2.24, 2.45) is 5.73 Å². The minimum atomic E-state index is 0.286. The number of likely N-dealkylation sites (N-methyl/N-ethyl adjacent to an activating group) is 1. The van der Waals surface area contributed by atoms with Gasteiger partial charge in [0, 0.05) is 18.1 Å². The maximum atomic E-state index is 6.24. The molecular formula is C15H31N3. The topological polar surface area (TPSA) is 32.5 Å². The summed E-state index contributed by atoms with van der Waals surface area (Å²) < 4.78 is 0. The van der Waals surface area contributed by atoms with Gasteiger partial charge in [0.2, 0.25) is 0 Å². The minimum Gasteiger partial charge on any atom is -0.329 e. The fourth-order valence-electron chi connectivity index (χ4n) is 4.12. The Morgan fingerprint density at radius 3 is 2.50 bits per heavy atom. The molecule has 1 aliphatic heterocycles. The Morgan fingerprint density at radius 2 is 1.89 bits per heavy atom. The van der Waals surface area contributed by atoms with Gasteiger partial charge in [-0.2, -0.15) is 0 Å². The van der Waals surface area contributed by atoms with Gasteiger partial charge in [0.15, 0.2) is 0 Å². The Labute approximate surface area is 113 Å². The van der Waals surface area contributed by atoms with Crippen molar-refractivity contribution < 1.29 is 0 Å².